The summed E-state index contributed by atoms with van der Waals surface area (Å²) in [7, 11) is 0. The monoisotopic (exact) mass is 342 g/mol. The van der Waals surface area contributed by atoms with Crippen molar-refractivity contribution in [3.05, 3.63) is 28.2 Å². The number of aliphatic hydroxyl groups is 1. The molecule has 1 unspecified atom stereocenters. The largest absolute Gasteiger partial charge is 0.487 e. The lowest BCUT2D eigenvalue weighted by molar-refractivity contribution is -0.0848. The molecule has 4 heteroatoms. The van der Waals surface area contributed by atoms with Gasteiger partial charge in [-0.3, -0.25) is 0 Å². The average Bonchev–Trinajstić information content (AvgIpc) is 2.48. The fourth-order valence-corrected chi connectivity index (χ4v) is 3.18. The van der Waals surface area contributed by atoms with Gasteiger partial charge in [-0.1, -0.05) is 15.9 Å². The van der Waals surface area contributed by atoms with Gasteiger partial charge in [0.1, 0.15) is 17.5 Å². The normalized spacial score (nSPS) is 25.4. The quantitative estimate of drug-likeness (QED) is 0.893. The third-order valence-electron chi connectivity index (χ3n) is 3.68. The van der Waals surface area contributed by atoms with Gasteiger partial charge in [-0.15, -0.1) is 0 Å². The molecule has 2 atom stereocenters. The number of hydrogen-bond acceptors (Lipinski definition) is 3. The average molecular weight is 343 g/mol. The van der Waals surface area contributed by atoms with E-state index in [2.05, 4.69) is 29.8 Å². The molecule has 3 nitrogen and oxygen atoms in total. The molecule has 1 saturated heterocycles. The van der Waals surface area contributed by atoms with Crippen LogP contribution in [0.2, 0.25) is 0 Å². The van der Waals surface area contributed by atoms with E-state index >= 15 is 0 Å². The van der Waals surface area contributed by atoms with E-state index in [4.69, 9.17) is 9.47 Å². The minimum absolute atomic E-state index is 0.0313. The summed E-state index contributed by atoms with van der Waals surface area (Å²) in [5.41, 5.74) is 0.265. The maximum atomic E-state index is 9.90. The highest BCUT2D eigenvalue weighted by Crippen LogP contribution is 2.41. The van der Waals surface area contributed by atoms with Gasteiger partial charge in [-0.25, -0.2) is 0 Å². The number of aliphatic hydroxyl groups excluding tert-OH is 1. The summed E-state index contributed by atoms with van der Waals surface area (Å²) in [4.78, 5) is 0. The highest BCUT2D eigenvalue weighted by molar-refractivity contribution is 9.10. The van der Waals surface area contributed by atoms with Crippen LogP contribution in [0.1, 0.15) is 52.7 Å². The number of halogens is 1. The van der Waals surface area contributed by atoms with Crippen LogP contribution in [0.3, 0.4) is 0 Å². The molecule has 1 aromatic carbocycles. The van der Waals surface area contributed by atoms with E-state index in [1.807, 2.05) is 32.0 Å². The first-order valence-electron chi connectivity index (χ1n) is 6.95. The van der Waals surface area contributed by atoms with Gasteiger partial charge in [0.15, 0.2) is 0 Å². The molecule has 0 aromatic heterocycles. The first kappa shape index (κ1) is 15.8. The molecule has 0 aliphatic carbocycles. The van der Waals surface area contributed by atoms with Crippen LogP contribution in [0.5, 0.6) is 5.75 Å². The third-order valence-corrected chi connectivity index (χ3v) is 4.18. The predicted octanol–water partition coefficient (Wildman–Crippen LogP) is 4.23. The lowest BCUT2D eigenvalue weighted by atomic mass is 9.97. The lowest BCUT2D eigenvalue weighted by Gasteiger charge is -2.28. The zero-order valence-electron chi connectivity index (χ0n) is 12.7. The summed E-state index contributed by atoms with van der Waals surface area (Å²) < 4.78 is 13.1. The van der Waals surface area contributed by atoms with Crippen LogP contribution in [0.25, 0.3) is 0 Å². The van der Waals surface area contributed by atoms with Gasteiger partial charge in [0.2, 0.25) is 0 Å². The molecule has 2 rings (SSSR count). The highest BCUT2D eigenvalue weighted by Gasteiger charge is 2.47. The second-order valence-corrected chi connectivity index (χ2v) is 7.55. The van der Waals surface area contributed by atoms with E-state index < -0.39 is 6.10 Å². The third kappa shape index (κ3) is 3.35. The molecule has 0 spiro atoms. The van der Waals surface area contributed by atoms with Crippen molar-refractivity contribution in [1.29, 1.82) is 0 Å². The topological polar surface area (TPSA) is 38.7 Å². The van der Waals surface area contributed by atoms with Gasteiger partial charge in [0, 0.05) is 16.5 Å². The molecule has 1 N–H and O–H groups in total. The van der Waals surface area contributed by atoms with Gasteiger partial charge in [-0.2, -0.15) is 0 Å². The predicted molar refractivity (Wildman–Crippen MR) is 83.1 cm³/mol. The second-order valence-electron chi connectivity index (χ2n) is 6.63. The van der Waals surface area contributed by atoms with Crippen LogP contribution in [0, 0.1) is 0 Å². The Bertz CT molecular complexity index is 494. The summed E-state index contributed by atoms with van der Waals surface area (Å²) in [6.45, 7) is 10.0. The molecule has 1 heterocycles. The number of benzene rings is 1. The van der Waals surface area contributed by atoms with Crippen LogP contribution in [0.15, 0.2) is 22.7 Å². The first-order valence-corrected chi connectivity index (χ1v) is 7.74. The van der Waals surface area contributed by atoms with E-state index in [1.54, 1.807) is 6.92 Å². The van der Waals surface area contributed by atoms with Gasteiger partial charge < -0.3 is 14.6 Å². The molecular weight excluding hydrogens is 320 g/mol. The minimum Gasteiger partial charge on any atom is -0.487 e. The highest BCUT2D eigenvalue weighted by atomic mass is 79.9. The standard InChI is InChI=1S/C16H23BrO3/c1-10(18)12-8-11(17)6-7-13(12)19-14-9-15(2,3)20-16(14,4)5/h6-8,10,14,18H,9H2,1-5H3/t10-,14?/m1/s1. The Morgan fingerprint density at radius 2 is 2.00 bits per heavy atom. The molecule has 0 radical (unpaired) electrons. The number of hydrogen-bond donors (Lipinski definition) is 1. The zero-order valence-corrected chi connectivity index (χ0v) is 14.3. The first-order chi connectivity index (χ1) is 9.11. The SMILES string of the molecule is C[C@@H](O)c1cc(Br)ccc1OC1CC(C)(C)OC1(C)C. The van der Waals surface area contributed by atoms with Crippen molar-refractivity contribution >= 4 is 15.9 Å². The van der Waals surface area contributed by atoms with Gasteiger partial charge in [-0.05, 0) is 52.8 Å². The summed E-state index contributed by atoms with van der Waals surface area (Å²) in [5.74, 6) is 0.725. The van der Waals surface area contributed by atoms with Crippen LogP contribution < -0.4 is 4.74 Å². The molecule has 112 valence electrons. The molecule has 1 aliphatic rings. The van der Waals surface area contributed by atoms with Crippen molar-refractivity contribution in [2.75, 3.05) is 0 Å². The second kappa shape index (κ2) is 5.32. The minimum atomic E-state index is -0.569. The molecule has 0 saturated carbocycles. The summed E-state index contributed by atoms with van der Waals surface area (Å²) in [6, 6.07) is 5.72. The van der Waals surface area contributed by atoms with E-state index in [0.29, 0.717) is 0 Å². The molecule has 0 amide bonds. The maximum Gasteiger partial charge on any atom is 0.130 e. The van der Waals surface area contributed by atoms with Gasteiger partial charge in [0.25, 0.3) is 0 Å². The van der Waals surface area contributed by atoms with Crippen LogP contribution in [0.4, 0.5) is 0 Å². The summed E-state index contributed by atoms with van der Waals surface area (Å²) in [5, 5.41) is 9.90. The Morgan fingerprint density at radius 3 is 2.50 bits per heavy atom. The molecule has 1 fully saturated rings. The zero-order chi connectivity index (χ0) is 15.1. The Hall–Kier alpha value is -0.580. The Morgan fingerprint density at radius 1 is 1.35 bits per heavy atom. The van der Waals surface area contributed by atoms with Gasteiger partial charge in [0.05, 0.1) is 11.7 Å². The fourth-order valence-electron chi connectivity index (χ4n) is 2.80. The Kier molecular flexibility index (Phi) is 4.20. The Balaban J connectivity index is 2.27. The molecule has 20 heavy (non-hydrogen) atoms. The van der Waals surface area contributed by atoms with E-state index in [0.717, 1.165) is 22.2 Å². The number of ether oxygens (including phenoxy) is 2. The molecule has 0 bridgehead atoms. The maximum absolute atomic E-state index is 9.90. The fraction of sp³-hybridized carbons (Fsp3) is 0.625. The van der Waals surface area contributed by atoms with Crippen molar-refractivity contribution in [3.8, 4) is 5.75 Å². The number of rotatable bonds is 3. The van der Waals surface area contributed by atoms with Crippen LogP contribution in [-0.4, -0.2) is 22.4 Å². The summed E-state index contributed by atoms with van der Waals surface area (Å²) in [6.07, 6.45) is 0.229. The van der Waals surface area contributed by atoms with Crippen LogP contribution >= 0.6 is 15.9 Å². The van der Waals surface area contributed by atoms with Crippen molar-refractivity contribution in [3.63, 3.8) is 0 Å². The molecular formula is C16H23BrO3. The van der Waals surface area contributed by atoms with E-state index in [1.165, 1.54) is 0 Å². The van der Waals surface area contributed by atoms with Gasteiger partial charge >= 0.3 is 0 Å². The smallest absolute Gasteiger partial charge is 0.130 e. The molecule has 1 aromatic rings. The summed E-state index contributed by atoms with van der Waals surface area (Å²) >= 11 is 3.43. The van der Waals surface area contributed by atoms with Crippen molar-refractivity contribution in [2.45, 2.75) is 64.4 Å². The lowest BCUT2D eigenvalue weighted by Crippen LogP contribution is -2.37. The van der Waals surface area contributed by atoms with E-state index in [-0.39, 0.29) is 17.3 Å². The Labute approximate surface area is 129 Å². The van der Waals surface area contributed by atoms with Crippen molar-refractivity contribution in [1.82, 2.24) is 0 Å². The van der Waals surface area contributed by atoms with Crippen LogP contribution in [-0.2, 0) is 4.74 Å². The van der Waals surface area contributed by atoms with Crippen molar-refractivity contribution in [2.24, 2.45) is 0 Å². The van der Waals surface area contributed by atoms with Crippen molar-refractivity contribution < 1.29 is 14.6 Å². The molecule has 1 aliphatic heterocycles. The van der Waals surface area contributed by atoms with E-state index in [9.17, 15) is 5.11 Å².